The summed E-state index contributed by atoms with van der Waals surface area (Å²) in [5, 5.41) is 9.66. The molecule has 1 aromatic heterocycles. The summed E-state index contributed by atoms with van der Waals surface area (Å²) in [4.78, 5) is 25.0. The summed E-state index contributed by atoms with van der Waals surface area (Å²) in [5.41, 5.74) is 0. The fourth-order valence-electron chi connectivity index (χ4n) is 2.11. The Hall–Kier alpha value is -2.05. The summed E-state index contributed by atoms with van der Waals surface area (Å²) in [6, 6.07) is 1.45. The van der Waals surface area contributed by atoms with Gasteiger partial charge in [0.15, 0.2) is 0 Å². The zero-order valence-corrected chi connectivity index (χ0v) is 11.0. The molecular weight excluding hydrogens is 246 g/mol. The first-order valence-electron chi connectivity index (χ1n) is 6.52. The van der Waals surface area contributed by atoms with Crippen LogP contribution in [0.5, 0.6) is 0 Å². The second kappa shape index (κ2) is 6.21. The van der Waals surface area contributed by atoms with Crippen LogP contribution in [0.25, 0.3) is 0 Å². The molecule has 2 rings (SSSR count). The van der Waals surface area contributed by atoms with Crippen molar-refractivity contribution in [1.82, 2.24) is 25.3 Å². The summed E-state index contributed by atoms with van der Waals surface area (Å²) in [7, 11) is 0. The predicted molar refractivity (Wildman–Crippen MR) is 69.5 cm³/mol. The van der Waals surface area contributed by atoms with Crippen LogP contribution in [0.2, 0.25) is 0 Å². The van der Waals surface area contributed by atoms with E-state index < -0.39 is 0 Å². The van der Waals surface area contributed by atoms with Gasteiger partial charge in [-0.05, 0) is 12.5 Å². The second-order valence-electron chi connectivity index (χ2n) is 4.42. The highest BCUT2D eigenvalue weighted by atomic mass is 16.2. The number of carbonyl (C=O) groups excluding carboxylic acids is 2. The van der Waals surface area contributed by atoms with Gasteiger partial charge in [0.05, 0.1) is 0 Å². The molecule has 0 saturated carbocycles. The summed E-state index contributed by atoms with van der Waals surface area (Å²) in [6.45, 7) is 4.32. The molecule has 2 heterocycles. The van der Waals surface area contributed by atoms with Gasteiger partial charge >= 0.3 is 6.03 Å². The molecular formula is C12H19N5O2. The van der Waals surface area contributed by atoms with Crippen LogP contribution in [0.3, 0.4) is 0 Å². The molecule has 0 bridgehead atoms. The molecule has 1 atom stereocenters. The Morgan fingerprint density at radius 3 is 3.05 bits per heavy atom. The Labute approximate surface area is 111 Å². The smallest absolute Gasteiger partial charge is 0.317 e. The normalized spacial score (nSPS) is 16.3. The van der Waals surface area contributed by atoms with Crippen LogP contribution in [0.4, 0.5) is 4.79 Å². The van der Waals surface area contributed by atoms with E-state index in [2.05, 4.69) is 15.7 Å². The maximum Gasteiger partial charge on any atom is 0.317 e. The number of hydrogen-bond donors (Lipinski definition) is 2. The molecule has 0 unspecified atom stereocenters. The van der Waals surface area contributed by atoms with Gasteiger partial charge in [0.2, 0.25) is 5.91 Å². The largest absolute Gasteiger partial charge is 0.352 e. The summed E-state index contributed by atoms with van der Waals surface area (Å²) in [6.07, 6.45) is 4.11. The minimum atomic E-state index is -0.289. The minimum Gasteiger partial charge on any atom is -0.352 e. The lowest BCUT2D eigenvalue weighted by atomic mass is 10.2. The molecule has 1 fully saturated rings. The molecule has 1 aliphatic heterocycles. The Balaban J connectivity index is 1.78. The number of amides is 3. The molecule has 7 heteroatoms. The zero-order chi connectivity index (χ0) is 13.7. The molecule has 19 heavy (non-hydrogen) atoms. The van der Waals surface area contributed by atoms with Gasteiger partial charge < -0.3 is 15.5 Å². The molecule has 7 nitrogen and oxygen atoms in total. The third kappa shape index (κ3) is 3.24. The van der Waals surface area contributed by atoms with Crippen molar-refractivity contribution in [3.8, 4) is 0 Å². The Morgan fingerprint density at radius 1 is 1.63 bits per heavy atom. The van der Waals surface area contributed by atoms with Gasteiger partial charge in [0, 0.05) is 38.6 Å². The summed E-state index contributed by atoms with van der Waals surface area (Å²) < 4.78 is 1.65. The molecule has 0 aromatic carbocycles. The Kier molecular flexibility index (Phi) is 4.38. The first-order chi connectivity index (χ1) is 9.22. The van der Waals surface area contributed by atoms with Crippen LogP contribution in [-0.4, -0.2) is 52.8 Å². The van der Waals surface area contributed by atoms with Crippen molar-refractivity contribution in [1.29, 1.82) is 0 Å². The number of urea groups is 1. The van der Waals surface area contributed by atoms with Gasteiger partial charge in [-0.3, -0.25) is 9.48 Å². The molecule has 0 aliphatic carbocycles. The number of carbonyl (C=O) groups is 2. The van der Waals surface area contributed by atoms with Crippen LogP contribution < -0.4 is 10.6 Å². The van der Waals surface area contributed by atoms with Gasteiger partial charge in [0.1, 0.15) is 6.04 Å². The molecule has 1 aromatic rings. The molecule has 104 valence electrons. The number of aromatic nitrogens is 2. The highest BCUT2D eigenvalue weighted by Gasteiger charge is 2.21. The predicted octanol–water partition coefficient (Wildman–Crippen LogP) is -0.0244. The van der Waals surface area contributed by atoms with Gasteiger partial charge in [-0.15, -0.1) is 0 Å². The quantitative estimate of drug-likeness (QED) is 0.758. The average Bonchev–Trinajstić information content (AvgIpc) is 3.03. The van der Waals surface area contributed by atoms with E-state index in [4.69, 9.17) is 0 Å². The van der Waals surface area contributed by atoms with E-state index in [0.717, 1.165) is 0 Å². The number of hydrogen-bond acceptors (Lipinski definition) is 3. The van der Waals surface area contributed by atoms with E-state index in [1.807, 2.05) is 6.92 Å². The molecule has 1 aliphatic rings. The lowest BCUT2D eigenvalue weighted by molar-refractivity contribution is -0.124. The lowest BCUT2D eigenvalue weighted by Gasteiger charge is -2.18. The third-order valence-corrected chi connectivity index (χ3v) is 3.16. The van der Waals surface area contributed by atoms with Crippen LogP contribution in [0.1, 0.15) is 19.4 Å². The Morgan fingerprint density at radius 2 is 2.47 bits per heavy atom. The number of nitrogens with zero attached hydrogens (tertiary/aromatic N) is 3. The molecule has 1 saturated heterocycles. The standard InChI is InChI=1S/C12H19N5O2/c1-2-10(17-7-3-4-15-17)11(18)13-5-8-16-9-6-14-12(16)19/h3-4,7,10H,2,5-6,8-9H2,1H3,(H,13,18)(H,14,19)/t10-/m0/s1. The number of nitrogens with one attached hydrogen (secondary N) is 2. The van der Waals surface area contributed by atoms with Gasteiger partial charge in [-0.25, -0.2) is 4.79 Å². The lowest BCUT2D eigenvalue weighted by Crippen LogP contribution is -2.39. The van der Waals surface area contributed by atoms with Crippen molar-refractivity contribution >= 4 is 11.9 Å². The van der Waals surface area contributed by atoms with E-state index in [1.165, 1.54) is 0 Å². The molecule has 2 N–H and O–H groups in total. The highest BCUT2D eigenvalue weighted by molar-refractivity contribution is 5.80. The molecule has 0 spiro atoms. The monoisotopic (exact) mass is 265 g/mol. The van der Waals surface area contributed by atoms with Crippen molar-refractivity contribution in [2.75, 3.05) is 26.2 Å². The van der Waals surface area contributed by atoms with E-state index in [9.17, 15) is 9.59 Å². The average molecular weight is 265 g/mol. The third-order valence-electron chi connectivity index (χ3n) is 3.16. The SMILES string of the molecule is CC[C@@H](C(=O)NCCN1CCNC1=O)n1cccn1. The van der Waals surface area contributed by atoms with E-state index in [1.54, 1.807) is 28.0 Å². The van der Waals surface area contributed by atoms with Crippen LogP contribution >= 0.6 is 0 Å². The van der Waals surface area contributed by atoms with Crippen LogP contribution in [-0.2, 0) is 4.79 Å². The van der Waals surface area contributed by atoms with Crippen molar-refractivity contribution in [3.63, 3.8) is 0 Å². The van der Waals surface area contributed by atoms with E-state index in [-0.39, 0.29) is 18.0 Å². The zero-order valence-electron chi connectivity index (χ0n) is 11.0. The minimum absolute atomic E-state index is 0.0617. The van der Waals surface area contributed by atoms with E-state index >= 15 is 0 Å². The Bertz CT molecular complexity index is 431. The van der Waals surface area contributed by atoms with Crippen molar-refractivity contribution in [2.45, 2.75) is 19.4 Å². The van der Waals surface area contributed by atoms with Crippen molar-refractivity contribution in [3.05, 3.63) is 18.5 Å². The summed E-state index contributed by atoms with van der Waals surface area (Å²) in [5.74, 6) is -0.0641. The van der Waals surface area contributed by atoms with Crippen molar-refractivity contribution in [2.24, 2.45) is 0 Å². The topological polar surface area (TPSA) is 79.3 Å². The van der Waals surface area contributed by atoms with Crippen molar-refractivity contribution < 1.29 is 9.59 Å². The molecule has 0 radical (unpaired) electrons. The van der Waals surface area contributed by atoms with Gasteiger partial charge in [0.25, 0.3) is 0 Å². The fourth-order valence-corrected chi connectivity index (χ4v) is 2.11. The van der Waals surface area contributed by atoms with Gasteiger partial charge in [-0.1, -0.05) is 6.92 Å². The fraction of sp³-hybridized carbons (Fsp3) is 0.583. The maximum atomic E-state index is 12.0. The highest BCUT2D eigenvalue weighted by Crippen LogP contribution is 2.09. The second-order valence-corrected chi connectivity index (χ2v) is 4.42. The first kappa shape index (κ1) is 13.4. The number of rotatable bonds is 6. The van der Waals surface area contributed by atoms with Crippen LogP contribution in [0.15, 0.2) is 18.5 Å². The first-order valence-corrected chi connectivity index (χ1v) is 6.52. The maximum absolute atomic E-state index is 12.0. The van der Waals surface area contributed by atoms with Crippen LogP contribution in [0, 0.1) is 0 Å². The van der Waals surface area contributed by atoms with Gasteiger partial charge in [-0.2, -0.15) is 5.10 Å². The summed E-state index contributed by atoms with van der Waals surface area (Å²) >= 11 is 0. The van der Waals surface area contributed by atoms with E-state index in [0.29, 0.717) is 32.6 Å². The molecule has 3 amide bonds.